The third-order valence-electron chi connectivity index (χ3n) is 2.49. The molecular formula is C14H29NO4. The molecule has 0 rings (SSSR count). The second kappa shape index (κ2) is 15.4. The number of aliphatic hydroxyl groups excluding tert-OH is 2. The summed E-state index contributed by atoms with van der Waals surface area (Å²) >= 11 is 0. The first-order valence-corrected chi connectivity index (χ1v) is 7.28. The maximum absolute atomic E-state index is 8.70. The summed E-state index contributed by atoms with van der Waals surface area (Å²) in [5.41, 5.74) is 0. The molecule has 0 saturated carbocycles. The van der Waals surface area contributed by atoms with Gasteiger partial charge in [-0.15, -0.1) is 5.23 Å². The molecule has 5 nitrogen and oxygen atoms in total. The summed E-state index contributed by atoms with van der Waals surface area (Å²) in [6.45, 7) is 3.23. The van der Waals surface area contributed by atoms with Crippen molar-refractivity contribution in [2.24, 2.45) is 0 Å². The third kappa shape index (κ3) is 13.6. The van der Waals surface area contributed by atoms with E-state index in [4.69, 9.17) is 19.9 Å². The number of hydrogen-bond acceptors (Lipinski definition) is 5. The average molecular weight is 275 g/mol. The topological polar surface area (TPSA) is 62.2 Å². The van der Waals surface area contributed by atoms with E-state index in [1.807, 2.05) is 6.08 Å². The van der Waals surface area contributed by atoms with E-state index in [0.29, 0.717) is 26.1 Å². The monoisotopic (exact) mass is 275 g/mol. The van der Waals surface area contributed by atoms with Crippen molar-refractivity contribution in [1.82, 2.24) is 5.23 Å². The molecule has 0 saturated heterocycles. The lowest BCUT2D eigenvalue weighted by Gasteiger charge is -2.18. The predicted octanol–water partition coefficient (Wildman–Crippen LogP) is 2.40. The van der Waals surface area contributed by atoms with Gasteiger partial charge in [-0.1, -0.05) is 32.3 Å². The second-order valence-electron chi connectivity index (χ2n) is 4.34. The summed E-state index contributed by atoms with van der Waals surface area (Å²) in [7, 11) is 0. The lowest BCUT2D eigenvalue weighted by atomic mass is 10.1. The van der Waals surface area contributed by atoms with Crippen LogP contribution in [0.1, 0.15) is 51.9 Å². The van der Waals surface area contributed by atoms with Gasteiger partial charge in [0.1, 0.15) is 0 Å². The van der Waals surface area contributed by atoms with Gasteiger partial charge in [0.25, 0.3) is 0 Å². The smallest absolute Gasteiger partial charge is 0.0797 e. The second-order valence-corrected chi connectivity index (χ2v) is 4.34. The third-order valence-corrected chi connectivity index (χ3v) is 2.49. The molecule has 0 unspecified atom stereocenters. The van der Waals surface area contributed by atoms with E-state index in [9.17, 15) is 0 Å². The molecule has 0 aliphatic heterocycles. The Morgan fingerprint density at radius 1 is 0.895 bits per heavy atom. The Morgan fingerprint density at radius 3 is 2.05 bits per heavy atom. The summed E-state index contributed by atoms with van der Waals surface area (Å²) in [6.07, 6.45) is 10.9. The van der Waals surface area contributed by atoms with Crippen LogP contribution in [-0.2, 0) is 9.68 Å². The zero-order valence-corrected chi connectivity index (χ0v) is 12.1. The molecule has 19 heavy (non-hydrogen) atoms. The zero-order valence-electron chi connectivity index (χ0n) is 12.1. The first kappa shape index (κ1) is 18.4. The number of hydrogen-bond donors (Lipinski definition) is 2. The number of hydroxylamine groups is 2. The van der Waals surface area contributed by atoms with Crippen LogP contribution in [0, 0.1) is 0 Å². The minimum atomic E-state index is 0.102. The highest BCUT2D eigenvalue weighted by atomic mass is 16.9. The Hall–Kier alpha value is -0.620. The van der Waals surface area contributed by atoms with Gasteiger partial charge in [-0.3, -0.25) is 0 Å². The van der Waals surface area contributed by atoms with E-state index in [1.54, 1.807) is 6.20 Å². The summed E-state index contributed by atoms with van der Waals surface area (Å²) in [5.74, 6) is 0. The van der Waals surface area contributed by atoms with Crippen LogP contribution >= 0.6 is 0 Å². The summed E-state index contributed by atoms with van der Waals surface area (Å²) in [4.78, 5) is 10.7. The lowest BCUT2D eigenvalue weighted by molar-refractivity contribution is -0.337. The molecule has 0 aromatic rings. The van der Waals surface area contributed by atoms with Crippen molar-refractivity contribution in [1.29, 1.82) is 0 Å². The average Bonchev–Trinajstić information content (AvgIpc) is 2.42. The quantitative estimate of drug-likeness (QED) is 0.376. The normalized spacial score (nSPS) is 11.3. The van der Waals surface area contributed by atoms with Gasteiger partial charge in [-0.2, -0.15) is 0 Å². The SMILES string of the molecule is CCCCCCC=CN(OCCCO)OCCCO. The Morgan fingerprint density at radius 2 is 1.53 bits per heavy atom. The molecule has 2 N–H and O–H groups in total. The maximum atomic E-state index is 8.70. The van der Waals surface area contributed by atoms with E-state index in [2.05, 4.69) is 6.92 Å². The fourth-order valence-corrected chi connectivity index (χ4v) is 1.41. The Balaban J connectivity index is 3.77. The van der Waals surface area contributed by atoms with Crippen molar-refractivity contribution in [3.05, 3.63) is 12.3 Å². The first-order valence-electron chi connectivity index (χ1n) is 7.28. The fraction of sp³-hybridized carbons (Fsp3) is 0.857. The van der Waals surface area contributed by atoms with Crippen LogP contribution in [0.15, 0.2) is 12.3 Å². The summed E-state index contributed by atoms with van der Waals surface area (Å²) in [5, 5.41) is 18.7. The maximum Gasteiger partial charge on any atom is 0.0797 e. The number of rotatable bonds is 14. The number of aliphatic hydroxyl groups is 2. The fourth-order valence-electron chi connectivity index (χ4n) is 1.41. The van der Waals surface area contributed by atoms with Gasteiger partial charge >= 0.3 is 0 Å². The molecule has 0 aliphatic carbocycles. The van der Waals surface area contributed by atoms with Crippen LogP contribution in [0.4, 0.5) is 0 Å². The molecule has 0 amide bonds. The molecule has 0 spiro atoms. The largest absolute Gasteiger partial charge is 0.396 e. The zero-order chi connectivity index (χ0) is 14.2. The van der Waals surface area contributed by atoms with E-state index < -0.39 is 0 Å². The van der Waals surface area contributed by atoms with Crippen molar-refractivity contribution in [2.75, 3.05) is 26.4 Å². The van der Waals surface area contributed by atoms with Crippen LogP contribution < -0.4 is 0 Å². The van der Waals surface area contributed by atoms with Crippen molar-refractivity contribution >= 4 is 0 Å². The van der Waals surface area contributed by atoms with Crippen LogP contribution in [0.5, 0.6) is 0 Å². The van der Waals surface area contributed by atoms with Crippen molar-refractivity contribution < 1.29 is 19.9 Å². The van der Waals surface area contributed by atoms with E-state index in [-0.39, 0.29) is 13.2 Å². The van der Waals surface area contributed by atoms with Gasteiger partial charge in [0.2, 0.25) is 0 Å². The van der Waals surface area contributed by atoms with E-state index in [0.717, 1.165) is 6.42 Å². The first-order chi connectivity index (χ1) is 9.35. The summed E-state index contributed by atoms with van der Waals surface area (Å²) < 4.78 is 0. The minimum absolute atomic E-state index is 0.102. The van der Waals surface area contributed by atoms with Gasteiger partial charge in [-0.05, 0) is 25.7 Å². The molecule has 0 heterocycles. The molecule has 0 radical (unpaired) electrons. The van der Waals surface area contributed by atoms with Gasteiger partial charge in [-0.25, -0.2) is 9.68 Å². The van der Waals surface area contributed by atoms with Gasteiger partial charge in [0, 0.05) is 13.2 Å². The molecule has 114 valence electrons. The summed E-state index contributed by atoms with van der Waals surface area (Å²) in [6, 6.07) is 0. The van der Waals surface area contributed by atoms with E-state index >= 15 is 0 Å². The predicted molar refractivity (Wildman–Crippen MR) is 75.0 cm³/mol. The minimum Gasteiger partial charge on any atom is -0.396 e. The molecule has 0 aromatic heterocycles. The van der Waals surface area contributed by atoms with Crippen molar-refractivity contribution in [3.8, 4) is 0 Å². The molecule has 0 bridgehead atoms. The molecule has 0 fully saturated rings. The lowest BCUT2D eigenvalue weighted by Crippen LogP contribution is -2.20. The van der Waals surface area contributed by atoms with Gasteiger partial charge < -0.3 is 10.2 Å². The standard InChI is InChI=1S/C14H29NO4/c1-2-3-4-5-6-7-10-15(18-13-8-11-16)19-14-9-12-17/h7,10,16-17H,2-6,8-9,11-14H2,1H3. The van der Waals surface area contributed by atoms with Crippen LogP contribution in [0.25, 0.3) is 0 Å². The van der Waals surface area contributed by atoms with Gasteiger partial charge in [0.15, 0.2) is 0 Å². The van der Waals surface area contributed by atoms with Crippen LogP contribution in [-0.4, -0.2) is 41.9 Å². The Labute approximate surface area is 116 Å². The van der Waals surface area contributed by atoms with E-state index in [1.165, 1.54) is 30.9 Å². The highest BCUT2D eigenvalue weighted by Crippen LogP contribution is 2.04. The van der Waals surface area contributed by atoms with Gasteiger partial charge in [0.05, 0.1) is 19.4 Å². The van der Waals surface area contributed by atoms with Crippen molar-refractivity contribution in [2.45, 2.75) is 51.9 Å². The molecule has 0 aliphatic rings. The van der Waals surface area contributed by atoms with Crippen LogP contribution in [0.3, 0.4) is 0 Å². The van der Waals surface area contributed by atoms with Crippen LogP contribution in [0.2, 0.25) is 0 Å². The number of unbranched alkanes of at least 4 members (excludes halogenated alkanes) is 4. The Kier molecular flexibility index (Phi) is 14.9. The number of allylic oxidation sites excluding steroid dienone is 1. The molecular weight excluding hydrogens is 246 g/mol. The molecule has 0 atom stereocenters. The van der Waals surface area contributed by atoms with Crippen molar-refractivity contribution in [3.63, 3.8) is 0 Å². The molecule has 0 aromatic carbocycles. The molecule has 5 heteroatoms. The highest BCUT2D eigenvalue weighted by Gasteiger charge is 2.00. The highest BCUT2D eigenvalue weighted by molar-refractivity contribution is 4.76. The number of nitrogens with zero attached hydrogens (tertiary/aromatic N) is 1. The Bertz CT molecular complexity index is 190.